The van der Waals surface area contributed by atoms with E-state index in [0.717, 1.165) is 54.1 Å². The molecule has 4 heterocycles. The average molecular weight is 440 g/mol. The van der Waals surface area contributed by atoms with Crippen LogP contribution in [0.5, 0.6) is 0 Å². The number of thioether (sulfide) groups is 1. The first-order chi connectivity index (χ1) is 15.2. The number of likely N-dealkylation sites (tertiary alicyclic amines) is 1. The topological polar surface area (TPSA) is 64.4 Å². The minimum Gasteiger partial charge on any atom is -0.381 e. The zero-order valence-corrected chi connectivity index (χ0v) is 18.6. The van der Waals surface area contributed by atoms with Crippen molar-refractivity contribution >= 4 is 17.7 Å². The van der Waals surface area contributed by atoms with E-state index in [1.54, 1.807) is 10.7 Å². The van der Waals surface area contributed by atoms with Crippen molar-refractivity contribution in [2.24, 2.45) is 0 Å². The Morgan fingerprint density at radius 3 is 2.84 bits per heavy atom. The normalized spacial score (nSPS) is 22.8. The van der Waals surface area contributed by atoms with Gasteiger partial charge in [0.1, 0.15) is 0 Å². The summed E-state index contributed by atoms with van der Waals surface area (Å²) in [6, 6.07) is 11.9. The van der Waals surface area contributed by atoms with Gasteiger partial charge in [0.25, 0.3) is 5.56 Å². The van der Waals surface area contributed by atoms with Gasteiger partial charge >= 0.3 is 0 Å². The van der Waals surface area contributed by atoms with E-state index in [-0.39, 0.29) is 17.5 Å². The smallest absolute Gasteiger partial charge is 0.267 e. The maximum Gasteiger partial charge on any atom is 0.267 e. The highest BCUT2D eigenvalue weighted by Gasteiger charge is 2.46. The molecular weight excluding hydrogens is 410 g/mol. The number of carbonyl (C=O) groups excluding carboxylic acids is 1. The molecule has 2 fully saturated rings. The maximum absolute atomic E-state index is 14.0. The number of fused-ring (bicyclic) bond motifs is 1. The lowest BCUT2D eigenvalue weighted by atomic mass is 9.73. The average Bonchev–Trinajstić information content (AvgIpc) is 3.28. The van der Waals surface area contributed by atoms with Gasteiger partial charge in [-0.25, -0.2) is 4.68 Å². The van der Waals surface area contributed by atoms with Crippen LogP contribution in [-0.4, -0.2) is 52.1 Å². The predicted molar refractivity (Wildman–Crippen MR) is 121 cm³/mol. The molecule has 1 aromatic heterocycles. The molecule has 5 rings (SSSR count). The molecular formula is C24H29N3O3S. The van der Waals surface area contributed by atoms with Gasteiger partial charge in [-0.3, -0.25) is 9.59 Å². The third-order valence-electron chi connectivity index (χ3n) is 7.01. The van der Waals surface area contributed by atoms with Crippen molar-refractivity contribution in [2.45, 2.75) is 55.9 Å². The molecule has 164 valence electrons. The molecule has 0 bridgehead atoms. The Balaban J connectivity index is 1.42. The van der Waals surface area contributed by atoms with E-state index in [4.69, 9.17) is 9.84 Å². The van der Waals surface area contributed by atoms with Crippen molar-refractivity contribution in [3.8, 4) is 0 Å². The van der Waals surface area contributed by atoms with Crippen LogP contribution in [0.2, 0.25) is 0 Å². The standard InChI is InChI=1S/C24H29N3O3S/c28-22-15-18-17-31-14-8-21(18)25-27(22)16-20-7-4-11-26(20)23(29)24(9-12-30-13-10-24)19-5-2-1-3-6-19/h1-3,5-6,15,20H,4,7-14,16-17H2. The van der Waals surface area contributed by atoms with Crippen molar-refractivity contribution in [1.82, 2.24) is 14.7 Å². The van der Waals surface area contributed by atoms with Gasteiger partial charge in [0, 0.05) is 38.0 Å². The van der Waals surface area contributed by atoms with Crippen LogP contribution < -0.4 is 5.56 Å². The van der Waals surface area contributed by atoms with E-state index in [9.17, 15) is 9.59 Å². The zero-order chi connectivity index (χ0) is 21.3. The highest BCUT2D eigenvalue weighted by atomic mass is 32.2. The van der Waals surface area contributed by atoms with Crippen molar-refractivity contribution in [1.29, 1.82) is 0 Å². The fraction of sp³-hybridized carbons (Fsp3) is 0.542. The molecule has 3 aliphatic rings. The first-order valence-electron chi connectivity index (χ1n) is 11.3. The number of ether oxygens (including phenoxy) is 1. The van der Waals surface area contributed by atoms with Crippen LogP contribution in [0.1, 0.15) is 42.5 Å². The second kappa shape index (κ2) is 8.79. The van der Waals surface area contributed by atoms with Crippen molar-refractivity contribution in [2.75, 3.05) is 25.5 Å². The maximum atomic E-state index is 14.0. The highest BCUT2D eigenvalue weighted by Crippen LogP contribution is 2.38. The summed E-state index contributed by atoms with van der Waals surface area (Å²) < 4.78 is 7.22. The Morgan fingerprint density at radius 1 is 1.23 bits per heavy atom. The van der Waals surface area contributed by atoms with Gasteiger partial charge in [-0.2, -0.15) is 16.9 Å². The summed E-state index contributed by atoms with van der Waals surface area (Å²) in [6.45, 7) is 2.42. The summed E-state index contributed by atoms with van der Waals surface area (Å²) >= 11 is 1.85. The lowest BCUT2D eigenvalue weighted by Gasteiger charge is -2.40. The van der Waals surface area contributed by atoms with Gasteiger partial charge in [-0.1, -0.05) is 30.3 Å². The molecule has 31 heavy (non-hydrogen) atoms. The largest absolute Gasteiger partial charge is 0.381 e. The van der Waals surface area contributed by atoms with Gasteiger partial charge in [0.2, 0.25) is 5.91 Å². The van der Waals surface area contributed by atoms with E-state index >= 15 is 0 Å². The zero-order valence-electron chi connectivity index (χ0n) is 17.8. The molecule has 1 aromatic carbocycles. The minimum absolute atomic E-state index is 0.0112. The van der Waals surface area contributed by atoms with Crippen LogP contribution >= 0.6 is 11.8 Å². The van der Waals surface area contributed by atoms with Gasteiger partial charge in [-0.15, -0.1) is 0 Å². The minimum atomic E-state index is -0.534. The van der Waals surface area contributed by atoms with Crippen LogP contribution in [0.4, 0.5) is 0 Å². The van der Waals surface area contributed by atoms with Crippen molar-refractivity contribution < 1.29 is 9.53 Å². The van der Waals surface area contributed by atoms with Crippen LogP contribution in [0, 0.1) is 0 Å². The molecule has 0 N–H and O–H groups in total. The third-order valence-corrected chi connectivity index (χ3v) is 8.02. The summed E-state index contributed by atoms with van der Waals surface area (Å²) in [5.74, 6) is 2.11. The molecule has 0 spiro atoms. The number of nitrogens with zero attached hydrogens (tertiary/aromatic N) is 3. The first-order valence-corrected chi connectivity index (χ1v) is 12.4. The molecule has 1 amide bonds. The quantitative estimate of drug-likeness (QED) is 0.733. The number of hydrogen-bond donors (Lipinski definition) is 0. The van der Waals surface area contributed by atoms with E-state index < -0.39 is 5.41 Å². The second-order valence-electron chi connectivity index (χ2n) is 8.79. The third kappa shape index (κ3) is 3.94. The van der Waals surface area contributed by atoms with Gasteiger partial charge in [-0.05, 0) is 42.6 Å². The molecule has 0 aliphatic carbocycles. The summed E-state index contributed by atoms with van der Waals surface area (Å²) in [4.78, 5) is 28.7. The van der Waals surface area contributed by atoms with Crippen LogP contribution in [0.3, 0.4) is 0 Å². The lowest BCUT2D eigenvalue weighted by Crippen LogP contribution is -2.52. The molecule has 0 radical (unpaired) electrons. The SMILES string of the molecule is O=C(N1CCCC1Cn1nc2c(cc1=O)CSCC2)C1(c2ccccc2)CCOCC1. The predicted octanol–water partition coefficient (Wildman–Crippen LogP) is 2.77. The summed E-state index contributed by atoms with van der Waals surface area (Å²) in [7, 11) is 0. The van der Waals surface area contributed by atoms with Gasteiger partial charge < -0.3 is 9.64 Å². The molecule has 2 saturated heterocycles. The summed E-state index contributed by atoms with van der Waals surface area (Å²) in [6.07, 6.45) is 4.19. The Hall–Kier alpha value is -2.12. The van der Waals surface area contributed by atoms with E-state index in [2.05, 4.69) is 12.1 Å². The number of aryl methyl sites for hydroxylation is 1. The number of carbonyl (C=O) groups is 1. The highest BCUT2D eigenvalue weighted by molar-refractivity contribution is 7.98. The molecule has 3 aliphatic heterocycles. The van der Waals surface area contributed by atoms with Crippen LogP contribution in [0.25, 0.3) is 0 Å². The monoisotopic (exact) mass is 439 g/mol. The van der Waals surface area contributed by atoms with E-state index in [1.165, 1.54) is 0 Å². The van der Waals surface area contributed by atoms with Crippen molar-refractivity contribution in [3.63, 3.8) is 0 Å². The Bertz CT molecular complexity index is 1000. The molecule has 0 saturated carbocycles. The number of benzene rings is 1. The Labute approximate surface area is 187 Å². The summed E-state index contributed by atoms with van der Waals surface area (Å²) in [5.41, 5.74) is 2.61. The van der Waals surface area contributed by atoms with E-state index in [0.29, 0.717) is 32.6 Å². The fourth-order valence-corrected chi connectivity index (χ4v) is 6.21. The van der Waals surface area contributed by atoms with E-state index in [1.807, 2.05) is 34.9 Å². The number of aromatic nitrogens is 2. The Morgan fingerprint density at radius 2 is 2.03 bits per heavy atom. The van der Waals surface area contributed by atoms with Crippen LogP contribution in [0.15, 0.2) is 41.2 Å². The van der Waals surface area contributed by atoms with Crippen molar-refractivity contribution in [3.05, 3.63) is 63.6 Å². The number of amides is 1. The molecule has 1 atom stereocenters. The molecule has 2 aromatic rings. The lowest BCUT2D eigenvalue weighted by molar-refractivity contribution is -0.142. The van der Waals surface area contributed by atoms with Gasteiger partial charge in [0.05, 0.1) is 23.7 Å². The number of hydrogen-bond acceptors (Lipinski definition) is 5. The van der Waals surface area contributed by atoms with Gasteiger partial charge in [0.15, 0.2) is 0 Å². The second-order valence-corrected chi connectivity index (χ2v) is 9.90. The molecule has 6 nitrogen and oxygen atoms in total. The number of rotatable bonds is 4. The van der Waals surface area contributed by atoms with Crippen LogP contribution in [-0.2, 0) is 33.7 Å². The fourth-order valence-electron chi connectivity index (χ4n) is 5.25. The Kier molecular flexibility index (Phi) is 5.89. The molecule has 1 unspecified atom stereocenters. The summed E-state index contributed by atoms with van der Waals surface area (Å²) in [5, 5.41) is 4.69. The molecule has 7 heteroatoms. The first kappa shape index (κ1) is 20.8.